The zero-order valence-electron chi connectivity index (χ0n) is 16.1. The molecule has 1 saturated heterocycles. The Bertz CT molecular complexity index is 945. The highest BCUT2D eigenvalue weighted by Crippen LogP contribution is 2.21. The summed E-state index contributed by atoms with van der Waals surface area (Å²) in [5.74, 6) is -0.134. The van der Waals surface area contributed by atoms with Crippen LogP contribution in [-0.4, -0.2) is 64.8 Å². The Kier molecular flexibility index (Phi) is 5.64. The fraction of sp³-hybridized carbons (Fsp3) is 0.381. The van der Waals surface area contributed by atoms with Crippen molar-refractivity contribution in [3.63, 3.8) is 0 Å². The van der Waals surface area contributed by atoms with Gasteiger partial charge in [0.15, 0.2) is 5.65 Å². The highest BCUT2D eigenvalue weighted by molar-refractivity contribution is 5.99. The molecule has 0 bridgehead atoms. The Morgan fingerprint density at radius 1 is 1.18 bits per heavy atom. The zero-order chi connectivity index (χ0) is 19.3. The van der Waals surface area contributed by atoms with E-state index >= 15 is 0 Å². The summed E-state index contributed by atoms with van der Waals surface area (Å²) in [5, 5.41) is 7.40. The molecular weight excluding hydrogens is 354 g/mol. The van der Waals surface area contributed by atoms with E-state index in [4.69, 9.17) is 4.74 Å². The molecular formula is C21H25N5O2. The Morgan fingerprint density at radius 3 is 2.75 bits per heavy atom. The van der Waals surface area contributed by atoms with Crippen molar-refractivity contribution in [3.05, 3.63) is 53.9 Å². The number of carbonyl (C=O) groups is 1. The van der Waals surface area contributed by atoms with Gasteiger partial charge >= 0.3 is 0 Å². The number of rotatable bonds is 6. The molecule has 0 atom stereocenters. The van der Waals surface area contributed by atoms with Crippen LogP contribution in [-0.2, 0) is 4.74 Å². The second-order valence-electron chi connectivity index (χ2n) is 7.05. The molecule has 1 N–H and O–H groups in total. The second kappa shape index (κ2) is 8.50. The maximum atomic E-state index is 12.6. The maximum Gasteiger partial charge on any atom is 0.256 e. The summed E-state index contributed by atoms with van der Waals surface area (Å²) < 4.78 is 7.08. The molecule has 1 amide bonds. The molecule has 1 aliphatic rings. The lowest BCUT2D eigenvalue weighted by Crippen LogP contribution is -2.38. The van der Waals surface area contributed by atoms with E-state index in [-0.39, 0.29) is 5.91 Å². The van der Waals surface area contributed by atoms with Crippen LogP contribution in [0.5, 0.6) is 0 Å². The summed E-state index contributed by atoms with van der Waals surface area (Å²) in [6.07, 6.45) is 4.23. The Hall–Kier alpha value is -2.77. The van der Waals surface area contributed by atoms with Crippen LogP contribution in [0.4, 0.5) is 0 Å². The van der Waals surface area contributed by atoms with Gasteiger partial charge in [0, 0.05) is 31.4 Å². The molecule has 3 aromatic rings. The van der Waals surface area contributed by atoms with Gasteiger partial charge in [-0.05, 0) is 26.0 Å². The lowest BCUT2D eigenvalue weighted by atomic mass is 10.1. The van der Waals surface area contributed by atoms with Crippen LogP contribution in [0.3, 0.4) is 0 Å². The van der Waals surface area contributed by atoms with Crippen molar-refractivity contribution in [2.75, 3.05) is 39.4 Å². The van der Waals surface area contributed by atoms with Crippen LogP contribution in [0.2, 0.25) is 0 Å². The maximum absolute atomic E-state index is 12.6. The monoisotopic (exact) mass is 379 g/mol. The van der Waals surface area contributed by atoms with Crippen LogP contribution < -0.4 is 5.32 Å². The van der Waals surface area contributed by atoms with E-state index < -0.39 is 0 Å². The predicted octanol–water partition coefficient (Wildman–Crippen LogP) is 2.16. The second-order valence-corrected chi connectivity index (χ2v) is 7.05. The Labute approximate surface area is 164 Å². The SMILES string of the molecule is Cc1ccc(-c2ccnc3c(C(=O)NCCCN4CCOCC4)cnn23)cc1. The minimum absolute atomic E-state index is 0.134. The first-order valence-corrected chi connectivity index (χ1v) is 9.70. The van der Waals surface area contributed by atoms with Gasteiger partial charge in [-0.1, -0.05) is 29.8 Å². The third-order valence-electron chi connectivity index (χ3n) is 5.03. The number of hydrogen-bond acceptors (Lipinski definition) is 5. The number of aryl methyl sites for hydroxylation is 1. The van der Waals surface area contributed by atoms with Crippen LogP contribution in [0.15, 0.2) is 42.7 Å². The molecule has 1 aliphatic heterocycles. The smallest absolute Gasteiger partial charge is 0.256 e. The largest absolute Gasteiger partial charge is 0.379 e. The van der Waals surface area contributed by atoms with Gasteiger partial charge < -0.3 is 10.1 Å². The molecule has 1 aromatic carbocycles. The summed E-state index contributed by atoms with van der Waals surface area (Å²) >= 11 is 0. The van der Waals surface area contributed by atoms with Crippen molar-refractivity contribution in [1.82, 2.24) is 24.8 Å². The average molecular weight is 379 g/mol. The molecule has 28 heavy (non-hydrogen) atoms. The number of fused-ring (bicyclic) bond motifs is 1. The third-order valence-corrected chi connectivity index (χ3v) is 5.03. The number of carbonyl (C=O) groups excluding carboxylic acids is 1. The summed E-state index contributed by atoms with van der Waals surface area (Å²) in [7, 11) is 0. The summed E-state index contributed by atoms with van der Waals surface area (Å²) in [6, 6.07) is 10.1. The number of benzene rings is 1. The first-order valence-electron chi connectivity index (χ1n) is 9.70. The quantitative estimate of drug-likeness (QED) is 0.665. The van der Waals surface area contributed by atoms with Crippen LogP contribution >= 0.6 is 0 Å². The summed E-state index contributed by atoms with van der Waals surface area (Å²) in [6.45, 7) is 7.18. The molecule has 0 spiro atoms. The predicted molar refractivity (Wildman–Crippen MR) is 107 cm³/mol. The lowest BCUT2D eigenvalue weighted by molar-refractivity contribution is 0.0374. The summed E-state index contributed by atoms with van der Waals surface area (Å²) in [4.78, 5) is 19.4. The molecule has 7 nitrogen and oxygen atoms in total. The van der Waals surface area contributed by atoms with Gasteiger partial charge in [0.2, 0.25) is 0 Å². The molecule has 7 heteroatoms. The van der Waals surface area contributed by atoms with Gasteiger partial charge in [-0.2, -0.15) is 5.10 Å². The number of ether oxygens (including phenoxy) is 1. The number of nitrogens with one attached hydrogen (secondary N) is 1. The first-order chi connectivity index (χ1) is 13.7. The minimum atomic E-state index is -0.134. The van der Waals surface area contributed by atoms with Gasteiger partial charge in [0.05, 0.1) is 25.1 Å². The van der Waals surface area contributed by atoms with Crippen LogP contribution in [0.1, 0.15) is 22.3 Å². The molecule has 4 rings (SSSR count). The van der Waals surface area contributed by atoms with Gasteiger partial charge in [0.1, 0.15) is 5.56 Å². The normalized spacial score (nSPS) is 15.0. The standard InChI is InChI=1S/C21H25N5O2/c1-16-3-5-17(6-4-16)19-7-9-22-20-18(15-24-26(19)20)21(27)23-8-2-10-25-11-13-28-14-12-25/h3-7,9,15H,2,8,10-14H2,1H3,(H,23,27). The Balaban J connectivity index is 1.43. The van der Waals surface area contributed by atoms with Gasteiger partial charge in [-0.3, -0.25) is 9.69 Å². The van der Waals surface area contributed by atoms with Gasteiger partial charge in [-0.15, -0.1) is 0 Å². The fourth-order valence-electron chi connectivity index (χ4n) is 3.42. The highest BCUT2D eigenvalue weighted by atomic mass is 16.5. The molecule has 0 radical (unpaired) electrons. The molecule has 1 fully saturated rings. The van der Waals surface area contributed by atoms with E-state index in [9.17, 15) is 4.79 Å². The zero-order valence-corrected chi connectivity index (χ0v) is 16.1. The van der Waals surface area contributed by atoms with E-state index in [0.29, 0.717) is 17.8 Å². The number of amides is 1. The fourth-order valence-corrected chi connectivity index (χ4v) is 3.42. The molecule has 3 heterocycles. The van der Waals surface area contributed by atoms with E-state index in [1.165, 1.54) is 5.56 Å². The van der Waals surface area contributed by atoms with Crippen molar-refractivity contribution in [1.29, 1.82) is 0 Å². The van der Waals surface area contributed by atoms with Crippen LogP contribution in [0.25, 0.3) is 16.9 Å². The van der Waals surface area contributed by atoms with Crippen molar-refractivity contribution >= 4 is 11.6 Å². The van der Waals surface area contributed by atoms with Crippen LogP contribution in [0, 0.1) is 6.92 Å². The van der Waals surface area contributed by atoms with E-state index in [1.54, 1.807) is 16.9 Å². The summed E-state index contributed by atoms with van der Waals surface area (Å²) in [5.41, 5.74) is 4.23. The molecule has 146 valence electrons. The van der Waals surface area contributed by atoms with Gasteiger partial charge in [-0.25, -0.2) is 9.50 Å². The highest BCUT2D eigenvalue weighted by Gasteiger charge is 2.16. The minimum Gasteiger partial charge on any atom is -0.379 e. The average Bonchev–Trinajstić information content (AvgIpc) is 3.17. The first kappa shape index (κ1) is 18.6. The van der Waals surface area contributed by atoms with E-state index in [0.717, 1.165) is 50.5 Å². The molecule has 0 unspecified atom stereocenters. The number of nitrogens with zero attached hydrogens (tertiary/aromatic N) is 4. The third kappa shape index (κ3) is 4.05. The number of morpholine rings is 1. The lowest BCUT2D eigenvalue weighted by Gasteiger charge is -2.26. The van der Waals surface area contributed by atoms with Crippen molar-refractivity contribution in [2.24, 2.45) is 0 Å². The van der Waals surface area contributed by atoms with Crippen molar-refractivity contribution in [2.45, 2.75) is 13.3 Å². The van der Waals surface area contributed by atoms with E-state index in [1.807, 2.05) is 6.07 Å². The number of hydrogen-bond donors (Lipinski definition) is 1. The van der Waals surface area contributed by atoms with Crippen molar-refractivity contribution < 1.29 is 9.53 Å². The number of aromatic nitrogens is 3. The molecule has 0 aliphatic carbocycles. The van der Waals surface area contributed by atoms with Gasteiger partial charge in [0.25, 0.3) is 5.91 Å². The van der Waals surface area contributed by atoms with Crippen molar-refractivity contribution in [3.8, 4) is 11.3 Å². The van der Waals surface area contributed by atoms with E-state index in [2.05, 4.69) is 51.5 Å². The Morgan fingerprint density at radius 2 is 1.96 bits per heavy atom. The molecule has 2 aromatic heterocycles. The molecule has 0 saturated carbocycles. The topological polar surface area (TPSA) is 71.8 Å².